The van der Waals surface area contributed by atoms with Crippen molar-refractivity contribution in [2.45, 2.75) is 52.7 Å². The van der Waals surface area contributed by atoms with Crippen LogP contribution in [0.15, 0.2) is 85.2 Å². The van der Waals surface area contributed by atoms with Crippen LogP contribution in [0.5, 0.6) is 0 Å². The number of hydrogen-bond acceptors (Lipinski definition) is 3. The molecule has 4 heteroatoms. The molecule has 0 fully saturated rings. The first-order valence-electron chi connectivity index (χ1n) is 10.7. The number of rotatable bonds is 11. The first-order valence-corrected chi connectivity index (χ1v) is 11.1. The summed E-state index contributed by atoms with van der Waals surface area (Å²) in [6, 6.07) is 16.8. The lowest BCUT2D eigenvalue weighted by Crippen LogP contribution is -2.51. The zero-order valence-corrected chi connectivity index (χ0v) is 20.3. The first kappa shape index (κ1) is 24.8. The van der Waals surface area contributed by atoms with Gasteiger partial charge >= 0.3 is 0 Å². The van der Waals surface area contributed by atoms with Gasteiger partial charge in [-0.15, -0.1) is 0 Å². The van der Waals surface area contributed by atoms with E-state index in [1.165, 1.54) is 11.1 Å². The highest BCUT2D eigenvalue weighted by Gasteiger charge is 2.22. The Hall–Kier alpha value is -2.49. The van der Waals surface area contributed by atoms with Crippen molar-refractivity contribution in [1.82, 2.24) is 15.3 Å². The molecule has 1 unspecified atom stereocenters. The van der Waals surface area contributed by atoms with Crippen LogP contribution in [0.2, 0.25) is 5.02 Å². The Morgan fingerprint density at radius 2 is 1.48 bits per heavy atom. The molecule has 2 aromatic carbocycles. The van der Waals surface area contributed by atoms with Crippen molar-refractivity contribution in [2.24, 2.45) is 0 Å². The number of allylic oxidation sites excluding steroid dienone is 2. The van der Waals surface area contributed by atoms with Gasteiger partial charge in [0.1, 0.15) is 6.17 Å². The predicted molar refractivity (Wildman–Crippen MR) is 135 cm³/mol. The molecule has 0 saturated heterocycles. The van der Waals surface area contributed by atoms with E-state index in [2.05, 4.69) is 80.3 Å². The topological polar surface area (TPSA) is 18.5 Å². The Balaban J connectivity index is 2.38. The van der Waals surface area contributed by atoms with Crippen molar-refractivity contribution in [3.05, 3.63) is 107 Å². The van der Waals surface area contributed by atoms with Crippen LogP contribution < -0.4 is 5.43 Å². The van der Waals surface area contributed by atoms with E-state index in [1.807, 2.05) is 38.0 Å². The Kier molecular flexibility index (Phi) is 8.97. The average Bonchev–Trinajstić information content (AvgIpc) is 2.72. The maximum atomic E-state index is 6.10. The molecule has 0 saturated carbocycles. The van der Waals surface area contributed by atoms with Gasteiger partial charge in [-0.05, 0) is 54.2 Å². The zero-order valence-electron chi connectivity index (χ0n) is 19.6. The van der Waals surface area contributed by atoms with Crippen molar-refractivity contribution in [3.63, 3.8) is 0 Å². The molecule has 0 aliphatic heterocycles. The van der Waals surface area contributed by atoms with Gasteiger partial charge in [-0.1, -0.05) is 81.6 Å². The number of hydrazine groups is 1. The summed E-state index contributed by atoms with van der Waals surface area (Å²) in [6.45, 7) is 21.7. The molecule has 3 nitrogen and oxygen atoms in total. The minimum atomic E-state index is -0.0357. The normalized spacial score (nSPS) is 11.8. The number of benzene rings is 2. The van der Waals surface area contributed by atoms with Crippen LogP contribution >= 0.6 is 11.6 Å². The molecule has 0 heterocycles. The quantitative estimate of drug-likeness (QED) is 0.234. The van der Waals surface area contributed by atoms with Gasteiger partial charge in [0.05, 0.1) is 0 Å². The summed E-state index contributed by atoms with van der Waals surface area (Å²) in [6.07, 6.45) is 0.766. The molecule has 0 radical (unpaired) electrons. The molecular weight excluding hydrogens is 402 g/mol. The SMILES string of the molecule is C=C(C)C(=C)N(Cc1ccc(Cl)cc1)C(Cc1ccc(C(C)C)cc1)NN(C)C(=C)C. The largest absolute Gasteiger partial charge is 0.350 e. The molecule has 31 heavy (non-hydrogen) atoms. The molecule has 0 aliphatic carbocycles. The summed E-state index contributed by atoms with van der Waals surface area (Å²) < 4.78 is 0. The summed E-state index contributed by atoms with van der Waals surface area (Å²) in [5, 5.41) is 2.70. The lowest BCUT2D eigenvalue weighted by Gasteiger charge is -2.39. The van der Waals surface area contributed by atoms with Gasteiger partial charge in [-0.3, -0.25) is 0 Å². The fourth-order valence-electron chi connectivity index (χ4n) is 3.25. The van der Waals surface area contributed by atoms with Crippen molar-refractivity contribution in [3.8, 4) is 0 Å². The Morgan fingerprint density at radius 3 is 1.97 bits per heavy atom. The summed E-state index contributed by atoms with van der Waals surface area (Å²) in [5.41, 5.74) is 10.1. The van der Waals surface area contributed by atoms with Gasteiger partial charge in [0.2, 0.25) is 0 Å². The summed E-state index contributed by atoms with van der Waals surface area (Å²) in [4.78, 5) is 2.27. The van der Waals surface area contributed by atoms with Gasteiger partial charge in [0.15, 0.2) is 0 Å². The van der Waals surface area contributed by atoms with Gasteiger partial charge in [0, 0.05) is 36.4 Å². The van der Waals surface area contributed by atoms with Gasteiger partial charge < -0.3 is 9.91 Å². The second kappa shape index (κ2) is 11.2. The van der Waals surface area contributed by atoms with Crippen LogP contribution in [-0.2, 0) is 13.0 Å². The van der Waals surface area contributed by atoms with E-state index in [0.29, 0.717) is 12.5 Å². The molecular formula is C27H36ClN3. The van der Waals surface area contributed by atoms with Gasteiger partial charge in [-0.2, -0.15) is 0 Å². The van der Waals surface area contributed by atoms with E-state index in [-0.39, 0.29) is 6.17 Å². The van der Waals surface area contributed by atoms with Crippen LogP contribution in [0, 0.1) is 0 Å². The molecule has 0 spiro atoms. The summed E-state index contributed by atoms with van der Waals surface area (Å²) in [5.74, 6) is 0.516. The van der Waals surface area contributed by atoms with Crippen LogP contribution in [0.3, 0.4) is 0 Å². The molecule has 0 aromatic heterocycles. The van der Waals surface area contributed by atoms with Crippen molar-refractivity contribution < 1.29 is 0 Å². The van der Waals surface area contributed by atoms with Crippen molar-refractivity contribution in [2.75, 3.05) is 7.05 Å². The minimum absolute atomic E-state index is 0.0357. The van der Waals surface area contributed by atoms with E-state index in [1.54, 1.807) is 0 Å². The second-order valence-electron chi connectivity index (χ2n) is 8.52. The first-order chi connectivity index (χ1) is 14.6. The van der Waals surface area contributed by atoms with Crippen molar-refractivity contribution >= 4 is 11.6 Å². The molecule has 2 rings (SSSR count). The van der Waals surface area contributed by atoms with Crippen LogP contribution in [-0.4, -0.2) is 23.1 Å². The number of halogens is 1. The van der Waals surface area contributed by atoms with Crippen molar-refractivity contribution in [1.29, 1.82) is 0 Å². The third-order valence-electron chi connectivity index (χ3n) is 5.47. The summed E-state index contributed by atoms with van der Waals surface area (Å²) >= 11 is 6.10. The smallest absolute Gasteiger partial charge is 0.101 e. The molecule has 166 valence electrons. The van der Waals surface area contributed by atoms with Crippen LogP contribution in [0.1, 0.15) is 50.3 Å². The number of nitrogens with zero attached hydrogens (tertiary/aromatic N) is 2. The van der Waals surface area contributed by atoms with Gasteiger partial charge in [-0.25, -0.2) is 5.43 Å². The monoisotopic (exact) mass is 437 g/mol. The zero-order chi connectivity index (χ0) is 23.1. The minimum Gasteiger partial charge on any atom is -0.350 e. The third kappa shape index (κ3) is 7.30. The molecule has 0 aliphatic rings. The molecule has 0 amide bonds. The summed E-state index contributed by atoms with van der Waals surface area (Å²) in [7, 11) is 1.99. The number of hydrogen-bond donors (Lipinski definition) is 1. The molecule has 0 bridgehead atoms. The maximum Gasteiger partial charge on any atom is 0.101 e. The van der Waals surface area contributed by atoms with E-state index in [9.17, 15) is 0 Å². The van der Waals surface area contributed by atoms with E-state index in [0.717, 1.165) is 34.0 Å². The Labute approximate surface area is 193 Å². The maximum absolute atomic E-state index is 6.10. The van der Waals surface area contributed by atoms with Gasteiger partial charge in [0.25, 0.3) is 0 Å². The third-order valence-corrected chi connectivity index (χ3v) is 5.72. The lowest BCUT2D eigenvalue weighted by molar-refractivity contribution is 0.125. The Bertz CT molecular complexity index is 897. The molecule has 1 atom stereocenters. The number of nitrogens with one attached hydrogen (secondary N) is 1. The second-order valence-corrected chi connectivity index (χ2v) is 8.96. The highest BCUT2D eigenvalue weighted by molar-refractivity contribution is 6.30. The van der Waals surface area contributed by atoms with E-state index >= 15 is 0 Å². The highest BCUT2D eigenvalue weighted by Crippen LogP contribution is 2.23. The fraction of sp³-hybridized carbons (Fsp3) is 0.333. The van der Waals surface area contributed by atoms with E-state index in [4.69, 9.17) is 11.6 Å². The Morgan fingerprint density at radius 1 is 0.935 bits per heavy atom. The fourth-order valence-corrected chi connectivity index (χ4v) is 3.37. The van der Waals surface area contributed by atoms with Crippen LogP contribution in [0.4, 0.5) is 0 Å². The highest BCUT2D eigenvalue weighted by atomic mass is 35.5. The lowest BCUT2D eigenvalue weighted by atomic mass is 10.00. The average molecular weight is 438 g/mol. The standard InChI is InChI=1S/C27H36ClN3/c1-19(2)22(7)31(18-24-11-15-26(28)16-12-24)27(29-30(8)21(5)6)17-23-9-13-25(14-10-23)20(3)4/h9-16,20,27,29H,1,5,7,17-18H2,2-4,6,8H3. The molecule has 2 aromatic rings. The predicted octanol–water partition coefficient (Wildman–Crippen LogP) is 6.89. The molecule has 1 N–H and O–H groups in total. The van der Waals surface area contributed by atoms with Crippen LogP contribution in [0.25, 0.3) is 0 Å². The van der Waals surface area contributed by atoms with E-state index < -0.39 is 0 Å².